The number of Topliss-reactive ketones (excluding diaryl/α,β-unsaturated/α-hetero) is 1. The van der Waals surface area contributed by atoms with E-state index in [4.69, 9.17) is 0 Å². The number of ketones is 1. The summed E-state index contributed by atoms with van der Waals surface area (Å²) in [6.45, 7) is 3.82. The molecule has 0 radical (unpaired) electrons. The molecule has 0 heterocycles. The number of rotatable bonds is 7. The van der Waals surface area contributed by atoms with Gasteiger partial charge in [-0.25, -0.2) is 0 Å². The first-order valence-electron chi connectivity index (χ1n) is 4.01. The normalized spacial score (nSPS) is 10.0. The zero-order valence-corrected chi connectivity index (χ0v) is 8.89. The predicted molar refractivity (Wildman–Crippen MR) is 55.1 cm³/mol. The quantitative estimate of drug-likeness (QED) is 0.455. The average Bonchev–Trinajstić information content (AvgIpc) is 1.96. The van der Waals surface area contributed by atoms with Gasteiger partial charge in [0, 0.05) is 17.9 Å². The Hall–Kier alpha value is 0.370. The molecule has 11 heavy (non-hydrogen) atoms. The van der Waals surface area contributed by atoms with Crippen molar-refractivity contribution in [2.24, 2.45) is 0 Å². The van der Waals surface area contributed by atoms with Gasteiger partial charge in [-0.3, -0.25) is 0 Å². The third-order valence-corrected chi connectivity index (χ3v) is 3.77. The van der Waals surface area contributed by atoms with Crippen LogP contribution in [0.2, 0.25) is 0 Å². The molecule has 66 valence electrons. The molecule has 0 saturated heterocycles. The van der Waals surface area contributed by atoms with Gasteiger partial charge < -0.3 is 4.79 Å². The van der Waals surface area contributed by atoms with E-state index >= 15 is 0 Å². The lowest BCUT2D eigenvalue weighted by molar-refractivity contribution is -0.117. The summed E-state index contributed by atoms with van der Waals surface area (Å²) in [6.07, 6.45) is 3.00. The Morgan fingerprint density at radius 3 is 2.55 bits per heavy atom. The molecule has 0 rings (SSSR count). The highest BCUT2D eigenvalue weighted by Crippen LogP contribution is 2.21. The van der Waals surface area contributed by atoms with E-state index < -0.39 is 0 Å². The maximum Gasteiger partial charge on any atom is 0.129 e. The average molecular weight is 192 g/mol. The van der Waals surface area contributed by atoms with Crippen LogP contribution >= 0.6 is 21.6 Å². The number of carbonyl (C=O) groups is 1. The topological polar surface area (TPSA) is 17.1 Å². The summed E-state index contributed by atoms with van der Waals surface area (Å²) >= 11 is 0. The summed E-state index contributed by atoms with van der Waals surface area (Å²) < 4.78 is 0. The summed E-state index contributed by atoms with van der Waals surface area (Å²) in [5.74, 6) is 2.68. The van der Waals surface area contributed by atoms with Crippen LogP contribution in [0.3, 0.4) is 0 Å². The lowest BCUT2D eigenvalue weighted by Crippen LogP contribution is -1.89. The second-order valence-corrected chi connectivity index (χ2v) is 5.26. The van der Waals surface area contributed by atoms with Gasteiger partial charge in [0.2, 0.25) is 0 Å². The van der Waals surface area contributed by atoms with E-state index in [1.54, 1.807) is 6.92 Å². The lowest BCUT2D eigenvalue weighted by Gasteiger charge is -1.97. The minimum absolute atomic E-state index is 0.318. The van der Waals surface area contributed by atoms with Gasteiger partial charge in [0.15, 0.2) is 0 Å². The fourth-order valence-corrected chi connectivity index (χ4v) is 2.49. The van der Waals surface area contributed by atoms with Gasteiger partial charge in [-0.1, -0.05) is 28.5 Å². The Balaban J connectivity index is 2.85. The zero-order valence-electron chi connectivity index (χ0n) is 7.26. The van der Waals surface area contributed by atoms with Crippen molar-refractivity contribution in [1.82, 2.24) is 0 Å². The van der Waals surface area contributed by atoms with Crippen LogP contribution in [0.4, 0.5) is 0 Å². The van der Waals surface area contributed by atoms with Crippen molar-refractivity contribution in [3.05, 3.63) is 0 Å². The minimum atomic E-state index is 0.318. The van der Waals surface area contributed by atoms with Crippen LogP contribution in [0, 0.1) is 0 Å². The van der Waals surface area contributed by atoms with E-state index in [0.29, 0.717) is 5.78 Å². The van der Waals surface area contributed by atoms with Crippen molar-refractivity contribution in [2.45, 2.75) is 33.1 Å². The summed E-state index contributed by atoms with van der Waals surface area (Å²) in [7, 11) is 3.81. The number of hydrogen-bond donors (Lipinski definition) is 0. The van der Waals surface area contributed by atoms with Gasteiger partial charge in [0.1, 0.15) is 5.78 Å². The molecule has 0 aromatic rings. The van der Waals surface area contributed by atoms with E-state index in [2.05, 4.69) is 6.92 Å². The molecule has 1 nitrogen and oxygen atoms in total. The van der Waals surface area contributed by atoms with Crippen molar-refractivity contribution in [1.29, 1.82) is 0 Å². The molecule has 0 aliphatic rings. The first kappa shape index (κ1) is 11.4. The van der Waals surface area contributed by atoms with Crippen molar-refractivity contribution >= 4 is 27.4 Å². The van der Waals surface area contributed by atoms with E-state index in [-0.39, 0.29) is 0 Å². The van der Waals surface area contributed by atoms with Gasteiger partial charge in [-0.05, 0) is 19.8 Å². The summed E-state index contributed by atoms with van der Waals surface area (Å²) in [5.41, 5.74) is 0. The first-order valence-corrected chi connectivity index (χ1v) is 6.50. The van der Waals surface area contributed by atoms with Crippen LogP contribution in [0.25, 0.3) is 0 Å². The van der Waals surface area contributed by atoms with Gasteiger partial charge in [0.25, 0.3) is 0 Å². The van der Waals surface area contributed by atoms with Crippen molar-refractivity contribution in [3.63, 3.8) is 0 Å². The van der Waals surface area contributed by atoms with Crippen LogP contribution in [0.1, 0.15) is 33.1 Å². The molecule has 0 atom stereocenters. The monoisotopic (exact) mass is 192 g/mol. The maximum absolute atomic E-state index is 10.5. The highest BCUT2D eigenvalue weighted by atomic mass is 33.1. The molecule has 0 aliphatic heterocycles. The van der Waals surface area contributed by atoms with E-state index in [0.717, 1.165) is 12.8 Å². The van der Waals surface area contributed by atoms with Gasteiger partial charge >= 0.3 is 0 Å². The van der Waals surface area contributed by atoms with Crippen LogP contribution in [-0.2, 0) is 4.79 Å². The molecule has 0 amide bonds. The second kappa shape index (κ2) is 8.47. The van der Waals surface area contributed by atoms with E-state index in [1.165, 1.54) is 17.9 Å². The fraction of sp³-hybridized carbons (Fsp3) is 0.875. The largest absolute Gasteiger partial charge is 0.300 e. The number of carbonyl (C=O) groups excluding carboxylic acids is 1. The molecular formula is C8H16OS2. The van der Waals surface area contributed by atoms with E-state index in [1.807, 2.05) is 21.6 Å². The first-order chi connectivity index (χ1) is 5.27. The Labute approximate surface area is 77.1 Å². The maximum atomic E-state index is 10.5. The number of hydrogen-bond acceptors (Lipinski definition) is 3. The number of unbranched alkanes of at least 4 members (excludes halogenated alkanes) is 1. The van der Waals surface area contributed by atoms with Crippen LogP contribution in [0.5, 0.6) is 0 Å². The molecule has 0 aliphatic carbocycles. The van der Waals surface area contributed by atoms with E-state index in [9.17, 15) is 4.79 Å². The van der Waals surface area contributed by atoms with Crippen LogP contribution < -0.4 is 0 Å². The van der Waals surface area contributed by atoms with Gasteiger partial charge in [-0.2, -0.15) is 0 Å². The SMILES string of the molecule is CCSSCCCCC(C)=O. The molecule has 0 bridgehead atoms. The second-order valence-electron chi connectivity index (χ2n) is 2.39. The van der Waals surface area contributed by atoms with Crippen molar-refractivity contribution in [2.75, 3.05) is 11.5 Å². The Kier molecular flexibility index (Phi) is 8.75. The Morgan fingerprint density at radius 2 is 2.00 bits per heavy atom. The third kappa shape index (κ3) is 10.4. The Bertz CT molecular complexity index is 104. The summed E-state index contributed by atoms with van der Waals surface area (Å²) in [4.78, 5) is 10.5. The van der Waals surface area contributed by atoms with Crippen LogP contribution in [0.15, 0.2) is 0 Å². The standard InChI is InChI=1S/C8H16OS2/c1-3-10-11-7-5-4-6-8(2)9/h3-7H2,1-2H3. The molecule has 0 unspecified atom stereocenters. The molecule has 0 aromatic carbocycles. The molecule has 0 fully saturated rings. The third-order valence-electron chi connectivity index (χ3n) is 1.21. The Morgan fingerprint density at radius 1 is 1.27 bits per heavy atom. The highest BCUT2D eigenvalue weighted by Gasteiger charge is 1.93. The fourth-order valence-electron chi connectivity index (χ4n) is 0.677. The van der Waals surface area contributed by atoms with Crippen molar-refractivity contribution < 1.29 is 4.79 Å². The molecule has 3 heteroatoms. The summed E-state index contributed by atoms with van der Waals surface area (Å²) in [6, 6.07) is 0. The lowest BCUT2D eigenvalue weighted by atomic mass is 10.2. The molecule has 0 spiro atoms. The van der Waals surface area contributed by atoms with Gasteiger partial charge in [0.05, 0.1) is 0 Å². The van der Waals surface area contributed by atoms with Gasteiger partial charge in [-0.15, -0.1) is 0 Å². The molecule has 0 N–H and O–H groups in total. The highest BCUT2D eigenvalue weighted by molar-refractivity contribution is 8.76. The van der Waals surface area contributed by atoms with Crippen LogP contribution in [-0.4, -0.2) is 17.3 Å². The molecule has 0 saturated carbocycles. The molecule has 0 aromatic heterocycles. The summed E-state index contributed by atoms with van der Waals surface area (Å²) in [5, 5.41) is 0. The smallest absolute Gasteiger partial charge is 0.129 e. The van der Waals surface area contributed by atoms with Crippen molar-refractivity contribution in [3.8, 4) is 0 Å². The zero-order chi connectivity index (χ0) is 8.53. The molecular weight excluding hydrogens is 176 g/mol. The minimum Gasteiger partial charge on any atom is -0.300 e. The predicted octanol–water partition coefficient (Wildman–Crippen LogP) is 3.15.